The smallest absolute Gasteiger partial charge is 0.226 e. The molecular formula is C15H20N4O. The van der Waals surface area contributed by atoms with Crippen LogP contribution < -0.4 is 10.6 Å². The average molecular weight is 272 g/mol. The lowest BCUT2D eigenvalue weighted by molar-refractivity contribution is -0.121. The summed E-state index contributed by atoms with van der Waals surface area (Å²) in [6.07, 6.45) is 5.20. The lowest BCUT2D eigenvalue weighted by Gasteiger charge is -2.30. The summed E-state index contributed by atoms with van der Waals surface area (Å²) >= 11 is 0. The van der Waals surface area contributed by atoms with E-state index in [1.165, 1.54) is 0 Å². The van der Waals surface area contributed by atoms with Gasteiger partial charge in [0.1, 0.15) is 5.65 Å². The fourth-order valence-electron chi connectivity index (χ4n) is 2.72. The van der Waals surface area contributed by atoms with Gasteiger partial charge in [0.05, 0.1) is 12.1 Å². The normalized spacial score (nSPS) is 22.9. The fraction of sp³-hybridized carbons (Fsp3) is 0.467. The lowest BCUT2D eigenvalue weighted by atomic mass is 9.95. The van der Waals surface area contributed by atoms with Crippen LogP contribution in [0.1, 0.15) is 19.0 Å². The number of nitrogens with one attached hydrogen (secondary N) is 2. The minimum Gasteiger partial charge on any atom is -0.353 e. The van der Waals surface area contributed by atoms with E-state index in [-0.39, 0.29) is 11.9 Å². The van der Waals surface area contributed by atoms with E-state index < -0.39 is 0 Å². The first kappa shape index (κ1) is 13.1. The molecule has 0 radical (unpaired) electrons. The molecule has 2 aromatic rings. The monoisotopic (exact) mass is 272 g/mol. The van der Waals surface area contributed by atoms with E-state index in [9.17, 15) is 4.79 Å². The molecule has 1 saturated heterocycles. The van der Waals surface area contributed by atoms with E-state index in [0.29, 0.717) is 12.3 Å². The molecule has 1 aliphatic heterocycles. The quantitative estimate of drug-likeness (QED) is 0.876. The lowest BCUT2D eigenvalue weighted by Crippen LogP contribution is -2.48. The van der Waals surface area contributed by atoms with Crippen molar-refractivity contribution in [2.24, 2.45) is 5.92 Å². The average Bonchev–Trinajstić information content (AvgIpc) is 2.83. The van der Waals surface area contributed by atoms with Crippen molar-refractivity contribution < 1.29 is 4.79 Å². The van der Waals surface area contributed by atoms with Gasteiger partial charge in [-0.1, -0.05) is 13.0 Å². The van der Waals surface area contributed by atoms with Crippen LogP contribution in [0.3, 0.4) is 0 Å². The Morgan fingerprint density at radius 3 is 3.25 bits per heavy atom. The third-order valence-electron chi connectivity index (χ3n) is 3.89. The largest absolute Gasteiger partial charge is 0.353 e. The standard InChI is InChI=1S/C15H20N4O/c1-11-9-16-6-5-13(11)18-15(20)8-12-10-19-7-3-2-4-14(19)17-12/h2-4,7,10-11,13,16H,5-6,8-9H2,1H3,(H,18,20). The van der Waals surface area contributed by atoms with Crippen LogP contribution in [0.5, 0.6) is 0 Å². The second-order valence-corrected chi connectivity index (χ2v) is 5.52. The molecule has 2 N–H and O–H groups in total. The Kier molecular flexibility index (Phi) is 3.69. The number of imidazole rings is 1. The highest BCUT2D eigenvalue weighted by atomic mass is 16.1. The molecule has 0 aromatic carbocycles. The second-order valence-electron chi connectivity index (χ2n) is 5.52. The van der Waals surface area contributed by atoms with Crippen LogP contribution in [-0.2, 0) is 11.2 Å². The van der Waals surface area contributed by atoms with Gasteiger partial charge in [-0.2, -0.15) is 0 Å². The number of carbonyl (C=O) groups excluding carboxylic acids is 1. The summed E-state index contributed by atoms with van der Waals surface area (Å²) < 4.78 is 1.94. The molecule has 3 rings (SSSR count). The van der Waals surface area contributed by atoms with Crippen LogP contribution in [-0.4, -0.2) is 34.4 Å². The molecule has 2 unspecified atom stereocenters. The molecule has 2 aromatic heterocycles. The third kappa shape index (κ3) is 2.82. The highest BCUT2D eigenvalue weighted by Crippen LogP contribution is 2.11. The van der Waals surface area contributed by atoms with Crippen LogP contribution in [0.15, 0.2) is 30.6 Å². The first-order chi connectivity index (χ1) is 9.72. The molecule has 5 heteroatoms. The SMILES string of the molecule is CC1CNCCC1NC(=O)Cc1cn2ccccc2n1. The molecule has 0 bridgehead atoms. The van der Waals surface area contributed by atoms with Crippen molar-refractivity contribution in [2.75, 3.05) is 13.1 Å². The summed E-state index contributed by atoms with van der Waals surface area (Å²) in [5.41, 5.74) is 1.70. The van der Waals surface area contributed by atoms with Crippen molar-refractivity contribution in [1.29, 1.82) is 0 Å². The van der Waals surface area contributed by atoms with Crippen molar-refractivity contribution >= 4 is 11.6 Å². The molecule has 0 saturated carbocycles. The van der Waals surface area contributed by atoms with E-state index in [0.717, 1.165) is 30.9 Å². The molecular weight excluding hydrogens is 252 g/mol. The van der Waals surface area contributed by atoms with Gasteiger partial charge in [0, 0.05) is 18.4 Å². The molecule has 106 valence electrons. The Bertz CT molecular complexity index is 574. The minimum absolute atomic E-state index is 0.0622. The summed E-state index contributed by atoms with van der Waals surface area (Å²) in [7, 11) is 0. The predicted octanol–water partition coefficient (Wildman–Crippen LogP) is 0.991. The number of rotatable bonds is 3. The predicted molar refractivity (Wildman–Crippen MR) is 77.5 cm³/mol. The number of aromatic nitrogens is 2. The van der Waals surface area contributed by atoms with E-state index in [2.05, 4.69) is 22.5 Å². The fourth-order valence-corrected chi connectivity index (χ4v) is 2.72. The Balaban J connectivity index is 1.63. The summed E-state index contributed by atoms with van der Waals surface area (Å²) in [6.45, 7) is 4.12. The van der Waals surface area contributed by atoms with Gasteiger partial charge in [0.15, 0.2) is 0 Å². The van der Waals surface area contributed by atoms with Crippen molar-refractivity contribution in [3.63, 3.8) is 0 Å². The molecule has 3 heterocycles. The van der Waals surface area contributed by atoms with Crippen molar-refractivity contribution in [3.05, 3.63) is 36.3 Å². The number of piperidine rings is 1. The van der Waals surface area contributed by atoms with Crippen LogP contribution in [0.4, 0.5) is 0 Å². The maximum absolute atomic E-state index is 12.1. The van der Waals surface area contributed by atoms with Crippen LogP contribution in [0.25, 0.3) is 5.65 Å². The highest BCUT2D eigenvalue weighted by Gasteiger charge is 2.22. The summed E-state index contributed by atoms with van der Waals surface area (Å²) in [5.74, 6) is 0.543. The summed E-state index contributed by atoms with van der Waals surface area (Å²) in [5, 5.41) is 6.47. The van der Waals surface area contributed by atoms with E-state index in [1.54, 1.807) is 0 Å². The van der Waals surface area contributed by atoms with Gasteiger partial charge < -0.3 is 15.0 Å². The minimum atomic E-state index is 0.0622. The maximum Gasteiger partial charge on any atom is 0.226 e. The Morgan fingerprint density at radius 1 is 1.55 bits per heavy atom. The second kappa shape index (κ2) is 5.63. The molecule has 20 heavy (non-hydrogen) atoms. The Morgan fingerprint density at radius 2 is 2.45 bits per heavy atom. The molecule has 2 atom stereocenters. The highest BCUT2D eigenvalue weighted by molar-refractivity contribution is 5.78. The number of hydrogen-bond acceptors (Lipinski definition) is 3. The molecule has 1 fully saturated rings. The van der Waals surface area contributed by atoms with E-state index in [1.807, 2.05) is 35.0 Å². The van der Waals surface area contributed by atoms with Crippen molar-refractivity contribution in [1.82, 2.24) is 20.0 Å². The number of hydrogen-bond donors (Lipinski definition) is 2. The molecule has 1 aliphatic rings. The molecule has 1 amide bonds. The topological polar surface area (TPSA) is 58.4 Å². The van der Waals surface area contributed by atoms with Gasteiger partial charge in [0.25, 0.3) is 0 Å². The van der Waals surface area contributed by atoms with Gasteiger partial charge in [-0.05, 0) is 37.6 Å². The molecule has 0 spiro atoms. The molecule has 5 nitrogen and oxygen atoms in total. The number of nitrogens with zero attached hydrogens (tertiary/aromatic N) is 2. The summed E-state index contributed by atoms with van der Waals surface area (Å²) in [4.78, 5) is 16.6. The first-order valence-electron chi connectivity index (χ1n) is 7.15. The first-order valence-corrected chi connectivity index (χ1v) is 7.15. The van der Waals surface area contributed by atoms with Gasteiger partial charge >= 0.3 is 0 Å². The van der Waals surface area contributed by atoms with Crippen molar-refractivity contribution in [3.8, 4) is 0 Å². The van der Waals surface area contributed by atoms with Crippen LogP contribution >= 0.6 is 0 Å². The van der Waals surface area contributed by atoms with Crippen molar-refractivity contribution in [2.45, 2.75) is 25.8 Å². The Hall–Kier alpha value is -1.88. The van der Waals surface area contributed by atoms with Gasteiger partial charge in [-0.3, -0.25) is 4.79 Å². The number of amides is 1. The molecule has 0 aliphatic carbocycles. The maximum atomic E-state index is 12.1. The number of fused-ring (bicyclic) bond motifs is 1. The van der Waals surface area contributed by atoms with E-state index in [4.69, 9.17) is 0 Å². The summed E-state index contributed by atoms with van der Waals surface area (Å²) in [6, 6.07) is 6.12. The zero-order valence-electron chi connectivity index (χ0n) is 11.7. The van der Waals surface area contributed by atoms with Gasteiger partial charge in [-0.25, -0.2) is 4.98 Å². The third-order valence-corrected chi connectivity index (χ3v) is 3.89. The van der Waals surface area contributed by atoms with Crippen LogP contribution in [0, 0.1) is 5.92 Å². The zero-order chi connectivity index (χ0) is 13.9. The van der Waals surface area contributed by atoms with Gasteiger partial charge in [-0.15, -0.1) is 0 Å². The zero-order valence-corrected chi connectivity index (χ0v) is 11.7. The Labute approximate surface area is 118 Å². The van der Waals surface area contributed by atoms with Crippen LogP contribution in [0.2, 0.25) is 0 Å². The number of pyridine rings is 1. The van der Waals surface area contributed by atoms with E-state index >= 15 is 0 Å². The number of carbonyl (C=O) groups is 1. The van der Waals surface area contributed by atoms with Gasteiger partial charge in [0.2, 0.25) is 5.91 Å².